The Morgan fingerprint density at radius 1 is 1.12 bits per heavy atom. The Labute approximate surface area is 154 Å². The number of piperidine rings is 1. The molecule has 1 aliphatic heterocycles. The number of benzene rings is 1. The van der Waals surface area contributed by atoms with E-state index < -0.39 is 0 Å². The molecule has 1 aromatic heterocycles. The van der Waals surface area contributed by atoms with E-state index in [2.05, 4.69) is 39.1 Å². The number of aryl methyl sites for hydroxylation is 1. The summed E-state index contributed by atoms with van der Waals surface area (Å²) in [4.78, 5) is 22.1. The molecule has 0 spiro atoms. The molecular formula is C21H25N3O2. The van der Waals surface area contributed by atoms with Crippen molar-refractivity contribution in [1.29, 1.82) is 0 Å². The molecule has 1 aliphatic carbocycles. The van der Waals surface area contributed by atoms with Gasteiger partial charge in [-0.3, -0.25) is 4.79 Å². The highest BCUT2D eigenvalue weighted by atomic mass is 16.3. The van der Waals surface area contributed by atoms with Crippen LogP contribution in [0.1, 0.15) is 59.2 Å². The highest BCUT2D eigenvalue weighted by Gasteiger charge is 2.24. The van der Waals surface area contributed by atoms with Crippen LogP contribution >= 0.6 is 0 Å². The topological polar surface area (TPSA) is 66.3 Å². The van der Waals surface area contributed by atoms with Crippen LogP contribution in [0.3, 0.4) is 0 Å². The molecule has 2 heterocycles. The first-order valence-electron chi connectivity index (χ1n) is 9.50. The van der Waals surface area contributed by atoms with E-state index in [1.165, 1.54) is 24.1 Å². The second kappa shape index (κ2) is 7.06. The zero-order chi connectivity index (χ0) is 18.1. The lowest BCUT2D eigenvalue weighted by Gasteiger charge is -2.33. The predicted molar refractivity (Wildman–Crippen MR) is 101 cm³/mol. The third kappa shape index (κ3) is 3.57. The summed E-state index contributed by atoms with van der Waals surface area (Å²) in [5.41, 5.74) is 3.37. The Kier molecular flexibility index (Phi) is 4.62. The van der Waals surface area contributed by atoms with Gasteiger partial charge in [0, 0.05) is 25.2 Å². The van der Waals surface area contributed by atoms with E-state index in [0.717, 1.165) is 38.3 Å². The molecule has 0 atom stereocenters. The Balaban J connectivity index is 1.36. The fourth-order valence-electron chi connectivity index (χ4n) is 3.85. The van der Waals surface area contributed by atoms with Crippen LogP contribution in [0.25, 0.3) is 0 Å². The van der Waals surface area contributed by atoms with E-state index >= 15 is 0 Å². The summed E-state index contributed by atoms with van der Waals surface area (Å²) in [6, 6.07) is 9.09. The van der Waals surface area contributed by atoms with Crippen LogP contribution in [-0.2, 0) is 6.42 Å². The molecule has 5 heteroatoms. The standard InChI is InChI=1S/C21H25N3O2/c1-14-21(26)19(13-25)23-20(22-14)12-15-8-10-24(11-9-15)18-6-4-17(5-7-18)16-2-3-16/h4-7,13,15-16,26H,2-3,8-12H2,1H3. The van der Waals surface area contributed by atoms with Crippen molar-refractivity contribution in [2.45, 2.75) is 44.9 Å². The smallest absolute Gasteiger partial charge is 0.172 e. The number of rotatable bonds is 5. The van der Waals surface area contributed by atoms with Gasteiger partial charge in [0.2, 0.25) is 0 Å². The van der Waals surface area contributed by atoms with Crippen LogP contribution in [0.5, 0.6) is 5.75 Å². The van der Waals surface area contributed by atoms with Gasteiger partial charge in [0.25, 0.3) is 0 Å². The summed E-state index contributed by atoms with van der Waals surface area (Å²) < 4.78 is 0. The minimum atomic E-state index is -0.104. The molecule has 1 saturated carbocycles. The van der Waals surface area contributed by atoms with E-state index in [1.54, 1.807) is 6.92 Å². The van der Waals surface area contributed by atoms with Gasteiger partial charge in [-0.2, -0.15) is 0 Å². The highest BCUT2D eigenvalue weighted by Crippen LogP contribution is 2.40. The molecule has 0 amide bonds. The second-order valence-electron chi connectivity index (χ2n) is 7.58. The van der Waals surface area contributed by atoms with Crippen LogP contribution in [0.4, 0.5) is 5.69 Å². The molecule has 1 saturated heterocycles. The van der Waals surface area contributed by atoms with E-state index in [4.69, 9.17) is 0 Å². The zero-order valence-corrected chi connectivity index (χ0v) is 15.2. The largest absolute Gasteiger partial charge is 0.504 e. The number of anilines is 1. The lowest BCUT2D eigenvalue weighted by atomic mass is 9.92. The van der Waals surface area contributed by atoms with Crippen molar-refractivity contribution >= 4 is 12.0 Å². The molecule has 2 fully saturated rings. The molecule has 26 heavy (non-hydrogen) atoms. The average Bonchev–Trinajstić information content (AvgIpc) is 3.50. The molecule has 1 N–H and O–H groups in total. The first-order chi connectivity index (χ1) is 12.6. The predicted octanol–water partition coefficient (Wildman–Crippen LogP) is 3.64. The van der Waals surface area contributed by atoms with Crippen LogP contribution < -0.4 is 4.90 Å². The van der Waals surface area contributed by atoms with E-state index in [9.17, 15) is 9.90 Å². The van der Waals surface area contributed by atoms with Gasteiger partial charge in [-0.05, 0) is 62.1 Å². The molecular weight excluding hydrogens is 326 g/mol. The van der Waals surface area contributed by atoms with Crippen molar-refractivity contribution in [1.82, 2.24) is 9.97 Å². The maximum Gasteiger partial charge on any atom is 0.172 e. The molecule has 0 unspecified atom stereocenters. The molecule has 2 aromatic rings. The van der Waals surface area contributed by atoms with Gasteiger partial charge in [-0.1, -0.05) is 12.1 Å². The number of nitrogens with zero attached hydrogens (tertiary/aromatic N) is 3. The minimum absolute atomic E-state index is 0.0979. The monoisotopic (exact) mass is 351 g/mol. The number of carbonyl (C=O) groups is 1. The first-order valence-corrected chi connectivity index (χ1v) is 9.50. The third-order valence-corrected chi connectivity index (χ3v) is 5.64. The Bertz CT molecular complexity index is 792. The number of aldehydes is 1. The SMILES string of the molecule is Cc1nc(CC2CCN(c3ccc(C4CC4)cc3)CC2)nc(C=O)c1O. The molecule has 136 valence electrons. The lowest BCUT2D eigenvalue weighted by molar-refractivity contribution is 0.111. The summed E-state index contributed by atoms with van der Waals surface area (Å²) in [7, 11) is 0. The summed E-state index contributed by atoms with van der Waals surface area (Å²) in [6.07, 6.45) is 6.22. The first kappa shape index (κ1) is 17.0. The number of carbonyl (C=O) groups excluding carboxylic acids is 1. The zero-order valence-electron chi connectivity index (χ0n) is 15.2. The van der Waals surface area contributed by atoms with Crippen molar-refractivity contribution in [3.05, 3.63) is 47.0 Å². The van der Waals surface area contributed by atoms with Crippen LogP contribution in [0.15, 0.2) is 24.3 Å². The van der Waals surface area contributed by atoms with E-state index in [0.29, 0.717) is 23.7 Å². The van der Waals surface area contributed by atoms with Crippen molar-refractivity contribution in [2.75, 3.05) is 18.0 Å². The van der Waals surface area contributed by atoms with Crippen LogP contribution in [0.2, 0.25) is 0 Å². The molecule has 5 nitrogen and oxygen atoms in total. The van der Waals surface area contributed by atoms with Gasteiger partial charge in [0.05, 0.1) is 5.69 Å². The van der Waals surface area contributed by atoms with Crippen molar-refractivity contribution in [3.8, 4) is 5.75 Å². The minimum Gasteiger partial charge on any atom is -0.504 e. The van der Waals surface area contributed by atoms with Crippen molar-refractivity contribution in [3.63, 3.8) is 0 Å². The summed E-state index contributed by atoms with van der Waals surface area (Å²) >= 11 is 0. The van der Waals surface area contributed by atoms with Crippen molar-refractivity contribution in [2.24, 2.45) is 5.92 Å². The normalized spacial score (nSPS) is 18.1. The van der Waals surface area contributed by atoms with Gasteiger partial charge in [-0.25, -0.2) is 9.97 Å². The summed E-state index contributed by atoms with van der Waals surface area (Å²) in [5.74, 6) is 1.88. The highest BCUT2D eigenvalue weighted by molar-refractivity contribution is 5.76. The van der Waals surface area contributed by atoms with Gasteiger partial charge < -0.3 is 10.0 Å². The number of aromatic hydroxyl groups is 1. The van der Waals surface area contributed by atoms with Crippen molar-refractivity contribution < 1.29 is 9.90 Å². The van der Waals surface area contributed by atoms with Gasteiger partial charge >= 0.3 is 0 Å². The van der Waals surface area contributed by atoms with Crippen LogP contribution in [0, 0.1) is 12.8 Å². The Hall–Kier alpha value is -2.43. The average molecular weight is 351 g/mol. The maximum atomic E-state index is 11.0. The Morgan fingerprint density at radius 2 is 1.81 bits per heavy atom. The maximum absolute atomic E-state index is 11.0. The molecule has 0 bridgehead atoms. The van der Waals surface area contributed by atoms with E-state index in [1.807, 2.05) is 0 Å². The molecule has 1 aromatic carbocycles. The number of aromatic nitrogens is 2. The number of hydrogen-bond acceptors (Lipinski definition) is 5. The van der Waals surface area contributed by atoms with Crippen LogP contribution in [-0.4, -0.2) is 34.5 Å². The summed E-state index contributed by atoms with van der Waals surface area (Å²) in [6.45, 7) is 3.78. The quantitative estimate of drug-likeness (QED) is 0.833. The fraction of sp³-hybridized carbons (Fsp3) is 0.476. The third-order valence-electron chi connectivity index (χ3n) is 5.64. The molecule has 0 radical (unpaired) electrons. The molecule has 4 rings (SSSR count). The lowest BCUT2D eigenvalue weighted by Crippen LogP contribution is -2.34. The summed E-state index contributed by atoms with van der Waals surface area (Å²) in [5, 5.41) is 9.78. The Morgan fingerprint density at radius 3 is 2.42 bits per heavy atom. The van der Waals surface area contributed by atoms with Gasteiger partial charge in [0.15, 0.2) is 12.0 Å². The second-order valence-corrected chi connectivity index (χ2v) is 7.58. The van der Waals surface area contributed by atoms with E-state index in [-0.39, 0.29) is 11.4 Å². The number of hydrogen-bond donors (Lipinski definition) is 1. The molecule has 2 aliphatic rings. The van der Waals surface area contributed by atoms with Gasteiger partial charge in [-0.15, -0.1) is 0 Å². The van der Waals surface area contributed by atoms with Gasteiger partial charge in [0.1, 0.15) is 11.5 Å². The fourth-order valence-corrected chi connectivity index (χ4v) is 3.85.